The van der Waals surface area contributed by atoms with Crippen LogP contribution < -0.4 is 0 Å². The summed E-state index contributed by atoms with van der Waals surface area (Å²) >= 11 is 0. The van der Waals surface area contributed by atoms with Crippen LogP contribution in [-0.4, -0.2) is 64.6 Å². The van der Waals surface area contributed by atoms with Crippen LogP contribution >= 0.6 is 0 Å². The Kier molecular flexibility index (Phi) is 34.7. The van der Waals surface area contributed by atoms with Crippen molar-refractivity contribution in [3.63, 3.8) is 0 Å². The lowest BCUT2D eigenvalue weighted by molar-refractivity contribution is -0.193. The van der Waals surface area contributed by atoms with Gasteiger partial charge in [-0.25, -0.2) is 14.4 Å². The van der Waals surface area contributed by atoms with Gasteiger partial charge < -0.3 is 18.9 Å². The molecule has 0 radical (unpaired) electrons. The lowest BCUT2D eigenvalue weighted by atomic mass is 9.76. The number of esters is 4. The van der Waals surface area contributed by atoms with Gasteiger partial charge in [-0.3, -0.25) is 4.79 Å². The molecule has 0 amide bonds. The maximum absolute atomic E-state index is 11.6. The molecule has 4 aromatic carbocycles. The molecule has 4 aromatic rings. The molecule has 0 saturated carbocycles. The summed E-state index contributed by atoms with van der Waals surface area (Å²) in [4.78, 5) is 76.5. The molecule has 0 aliphatic heterocycles. The second-order valence-electron chi connectivity index (χ2n) is 12.1. The first-order chi connectivity index (χ1) is 28.9. The van der Waals surface area contributed by atoms with Crippen molar-refractivity contribution >= 4 is 42.3 Å². The summed E-state index contributed by atoms with van der Waals surface area (Å²) in [6, 6.07) is 36.0. The van der Waals surface area contributed by atoms with Gasteiger partial charge in [0.1, 0.15) is 0 Å². The summed E-state index contributed by atoms with van der Waals surface area (Å²) in [6.45, 7) is 7.86. The first kappa shape index (κ1) is 58.8. The van der Waals surface area contributed by atoms with E-state index in [1.807, 2.05) is 110 Å². The summed E-state index contributed by atoms with van der Waals surface area (Å²) in [5.74, 6) is -0.588. The van der Waals surface area contributed by atoms with Gasteiger partial charge in [0.25, 0.3) is 0 Å². The van der Waals surface area contributed by atoms with Crippen molar-refractivity contribution < 1.29 is 57.3 Å². The Morgan fingerprint density at radius 2 is 1.11 bits per heavy atom. The first-order valence-electron chi connectivity index (χ1n) is 18.1. The van der Waals surface area contributed by atoms with E-state index < -0.39 is 11.9 Å². The smallest absolute Gasteiger partial charge is 0.373 e. The van der Waals surface area contributed by atoms with E-state index in [1.165, 1.54) is 63.9 Å². The Balaban J connectivity index is -0.000000729. The van der Waals surface area contributed by atoms with Gasteiger partial charge in [0.15, 0.2) is 0 Å². The molecule has 12 heteroatoms. The number of hydrogen-bond acceptors (Lipinski definition) is 12. The minimum absolute atomic E-state index is 0. The topological polar surface area (TPSA) is 173 Å². The van der Waals surface area contributed by atoms with Gasteiger partial charge in [0, 0.05) is 12.2 Å². The fourth-order valence-corrected chi connectivity index (χ4v) is 5.27. The second kappa shape index (κ2) is 36.6. The molecule has 330 valence electrons. The van der Waals surface area contributed by atoms with Crippen molar-refractivity contribution in [3.8, 4) is 11.1 Å². The largest absolute Gasteiger partial charge is 0.469 e. The van der Waals surface area contributed by atoms with Crippen LogP contribution in [0.15, 0.2) is 152 Å². The summed E-state index contributed by atoms with van der Waals surface area (Å²) < 4.78 is 18.2. The highest BCUT2D eigenvalue weighted by Gasteiger charge is 2.29. The number of ether oxygens (including phenoxy) is 4. The van der Waals surface area contributed by atoms with Crippen LogP contribution in [0.25, 0.3) is 17.2 Å². The predicted molar refractivity (Wildman–Crippen MR) is 238 cm³/mol. The van der Waals surface area contributed by atoms with Crippen molar-refractivity contribution in [1.29, 1.82) is 0 Å². The van der Waals surface area contributed by atoms with Crippen molar-refractivity contribution in [3.05, 3.63) is 174 Å². The normalized spacial score (nSPS) is 13.7. The minimum atomic E-state index is -0.468. The lowest BCUT2D eigenvalue weighted by Gasteiger charge is -2.28. The van der Waals surface area contributed by atoms with Gasteiger partial charge in [0.05, 0.1) is 39.9 Å². The molecular formula is C50H58O12. The third kappa shape index (κ3) is 24.4. The van der Waals surface area contributed by atoms with Crippen molar-refractivity contribution in [2.75, 3.05) is 28.4 Å². The van der Waals surface area contributed by atoms with Crippen LogP contribution in [0.3, 0.4) is 0 Å². The highest BCUT2D eigenvalue weighted by Crippen LogP contribution is 2.36. The molecule has 1 aliphatic carbocycles. The monoisotopic (exact) mass is 850 g/mol. The SMILES string of the molecule is C.C.C=Cc1ccccc1.COC(=O)/C=C/C=C/C(=O)OC.COC(=O)C1C=CC(C)C(c2ccccc2)C1.COC(=O)c1ccc(C)c(-c2ccccc2)c1.O=C=O.O=C=O. The van der Waals surface area contributed by atoms with Crippen LogP contribution in [0.5, 0.6) is 0 Å². The predicted octanol–water partition coefficient (Wildman–Crippen LogP) is 9.48. The number of benzene rings is 4. The maximum Gasteiger partial charge on any atom is 0.373 e. The number of carbonyl (C=O) groups is 4. The summed E-state index contributed by atoms with van der Waals surface area (Å²) in [6.07, 6.45) is 12.5. The molecule has 0 heterocycles. The molecule has 0 N–H and O–H groups in total. The number of methoxy groups -OCH3 is 4. The first-order valence-corrected chi connectivity index (χ1v) is 18.1. The number of rotatable bonds is 8. The van der Waals surface area contributed by atoms with E-state index in [4.69, 9.17) is 28.7 Å². The Bertz CT molecular complexity index is 2010. The van der Waals surface area contributed by atoms with Crippen molar-refractivity contribution in [2.24, 2.45) is 11.8 Å². The average molecular weight is 851 g/mol. The molecule has 0 spiro atoms. The number of carbonyl (C=O) groups excluding carboxylic acids is 8. The zero-order valence-corrected chi connectivity index (χ0v) is 34.5. The van der Waals surface area contributed by atoms with Crippen LogP contribution in [0.2, 0.25) is 0 Å². The van der Waals surface area contributed by atoms with Gasteiger partial charge in [-0.15, -0.1) is 0 Å². The van der Waals surface area contributed by atoms with Crippen LogP contribution in [0, 0.1) is 18.8 Å². The highest BCUT2D eigenvalue weighted by molar-refractivity contribution is 5.91. The second-order valence-corrected chi connectivity index (χ2v) is 12.1. The molecule has 12 nitrogen and oxygen atoms in total. The zero-order valence-electron chi connectivity index (χ0n) is 34.5. The average Bonchev–Trinajstić information content (AvgIpc) is 3.29. The Morgan fingerprint density at radius 3 is 1.53 bits per heavy atom. The molecule has 62 heavy (non-hydrogen) atoms. The van der Waals surface area contributed by atoms with E-state index >= 15 is 0 Å². The molecule has 1 aliphatic rings. The fourth-order valence-electron chi connectivity index (χ4n) is 5.27. The van der Waals surface area contributed by atoms with Crippen LogP contribution in [0.4, 0.5) is 0 Å². The quantitative estimate of drug-likeness (QED) is 0.0541. The molecular weight excluding hydrogens is 793 g/mol. The highest BCUT2D eigenvalue weighted by atomic mass is 16.5. The van der Waals surface area contributed by atoms with Gasteiger partial charge in [-0.1, -0.05) is 156 Å². The fraction of sp³-hybridized carbons (Fsp3) is 0.240. The minimum Gasteiger partial charge on any atom is -0.469 e. The number of allylic oxidation sites excluding steroid dienone is 3. The van der Waals surface area contributed by atoms with Gasteiger partial charge >= 0.3 is 36.2 Å². The number of aryl methyl sites for hydroxylation is 1. The van der Waals surface area contributed by atoms with E-state index in [0.29, 0.717) is 17.4 Å². The van der Waals surface area contributed by atoms with E-state index in [1.54, 1.807) is 6.07 Å². The molecule has 3 unspecified atom stereocenters. The molecule has 3 atom stereocenters. The van der Waals surface area contributed by atoms with Gasteiger partial charge in [0.2, 0.25) is 0 Å². The third-order valence-electron chi connectivity index (χ3n) is 8.28. The van der Waals surface area contributed by atoms with E-state index in [-0.39, 0.29) is 45.0 Å². The molecule has 0 bridgehead atoms. The van der Waals surface area contributed by atoms with Crippen LogP contribution in [0.1, 0.15) is 61.2 Å². The number of hydrogen-bond donors (Lipinski definition) is 0. The van der Waals surface area contributed by atoms with Gasteiger partial charge in [-0.2, -0.15) is 19.2 Å². The van der Waals surface area contributed by atoms with E-state index in [0.717, 1.165) is 23.1 Å². The molecule has 5 rings (SSSR count). The van der Waals surface area contributed by atoms with Crippen LogP contribution in [-0.2, 0) is 52.5 Å². The Hall–Kier alpha value is -7.52. The summed E-state index contributed by atoms with van der Waals surface area (Å²) in [5, 5.41) is 0. The Labute approximate surface area is 365 Å². The molecule has 0 saturated heterocycles. The molecule has 0 fully saturated rings. The maximum atomic E-state index is 11.6. The molecule has 0 aromatic heterocycles. The summed E-state index contributed by atoms with van der Waals surface area (Å²) in [7, 11) is 5.39. The van der Waals surface area contributed by atoms with Crippen molar-refractivity contribution in [1.82, 2.24) is 0 Å². The third-order valence-corrected chi connectivity index (χ3v) is 8.28. The van der Waals surface area contributed by atoms with Gasteiger partial charge in [-0.05, 0) is 65.1 Å². The standard InChI is InChI=1S/C15H18O2.C15H14O2.C8H10O4.C8H8.2CO2.2CH4/c2*1-11-8-9-13(15(16)17-2)10-14(11)12-6-4-3-5-7-12;1-11-7(9)5-3-4-6-8(10)12-2;1-2-8-6-4-3-5-7-8;2*2-1-3;;/h3-9,11,13-14H,10H2,1-2H3;3-10H,1-2H3;3-6H,1-2H3;2-7H,1H2;;;2*1H4/b;;5-3+,6-4+;;;;;. The zero-order chi connectivity index (χ0) is 45.1. The summed E-state index contributed by atoms with van der Waals surface area (Å²) in [5.41, 5.74) is 6.37. The van der Waals surface area contributed by atoms with E-state index in [9.17, 15) is 19.2 Å². The lowest BCUT2D eigenvalue weighted by Crippen LogP contribution is -2.23. The van der Waals surface area contributed by atoms with Crippen molar-refractivity contribution in [2.45, 2.75) is 41.0 Å². The Morgan fingerprint density at radius 1 is 0.645 bits per heavy atom. The van der Waals surface area contributed by atoms with E-state index in [2.05, 4.69) is 41.2 Å².